The monoisotopic (exact) mass is 210 g/mol. The Morgan fingerprint density at radius 1 is 1.20 bits per heavy atom. The van der Waals surface area contributed by atoms with E-state index in [-0.39, 0.29) is 13.0 Å². The first-order valence-electron chi connectivity index (χ1n) is 5.25. The maximum Gasteiger partial charge on any atom is 0.105 e. The fourth-order valence-electron chi connectivity index (χ4n) is 1.64. The Hall–Kier alpha value is -0.900. The standard InChI is InChI=1S/C12H18O3/c1-2-9-5-3-4-6-10(9)12(15)11(14)7-8-13/h3-6,11-15H,2,7-8H2,1H3. The maximum absolute atomic E-state index is 9.87. The minimum atomic E-state index is -0.909. The maximum atomic E-state index is 9.87. The van der Waals surface area contributed by atoms with Crippen LogP contribution in [0.1, 0.15) is 30.6 Å². The number of hydrogen-bond donors (Lipinski definition) is 3. The largest absolute Gasteiger partial charge is 0.396 e. The third kappa shape index (κ3) is 3.02. The fraction of sp³-hybridized carbons (Fsp3) is 0.500. The molecule has 0 saturated heterocycles. The molecular weight excluding hydrogens is 192 g/mol. The van der Waals surface area contributed by atoms with Crippen LogP contribution in [0.25, 0.3) is 0 Å². The number of rotatable bonds is 5. The van der Waals surface area contributed by atoms with Crippen LogP contribution in [-0.4, -0.2) is 28.0 Å². The summed E-state index contributed by atoms with van der Waals surface area (Å²) in [6.07, 6.45) is -0.797. The summed E-state index contributed by atoms with van der Waals surface area (Å²) in [5.41, 5.74) is 1.78. The van der Waals surface area contributed by atoms with Crippen LogP contribution in [0, 0.1) is 0 Å². The van der Waals surface area contributed by atoms with Crippen LogP contribution in [0.3, 0.4) is 0 Å². The first kappa shape index (κ1) is 12.2. The quantitative estimate of drug-likeness (QED) is 0.680. The number of aliphatic hydroxyl groups excluding tert-OH is 3. The lowest BCUT2D eigenvalue weighted by Gasteiger charge is -2.19. The van der Waals surface area contributed by atoms with E-state index in [9.17, 15) is 10.2 Å². The molecule has 3 N–H and O–H groups in total. The topological polar surface area (TPSA) is 60.7 Å². The van der Waals surface area contributed by atoms with Crippen molar-refractivity contribution in [1.82, 2.24) is 0 Å². The summed E-state index contributed by atoms with van der Waals surface area (Å²) in [6.45, 7) is 1.89. The van der Waals surface area contributed by atoms with E-state index in [1.807, 2.05) is 31.2 Å². The summed E-state index contributed by atoms with van der Waals surface area (Å²) in [6, 6.07) is 7.49. The Kier molecular flexibility index (Phi) is 4.75. The number of aryl methyl sites for hydroxylation is 1. The highest BCUT2D eigenvalue weighted by Crippen LogP contribution is 2.22. The lowest BCUT2D eigenvalue weighted by atomic mass is 9.96. The molecule has 0 amide bonds. The molecule has 0 saturated carbocycles. The molecule has 0 aromatic heterocycles. The van der Waals surface area contributed by atoms with Gasteiger partial charge < -0.3 is 15.3 Å². The average Bonchev–Trinajstić information content (AvgIpc) is 2.28. The molecule has 2 unspecified atom stereocenters. The summed E-state index contributed by atoms with van der Waals surface area (Å²) in [5.74, 6) is 0. The van der Waals surface area contributed by atoms with Gasteiger partial charge in [0.1, 0.15) is 6.10 Å². The molecule has 15 heavy (non-hydrogen) atoms. The molecule has 0 aliphatic carbocycles. The van der Waals surface area contributed by atoms with E-state index in [0.717, 1.165) is 17.5 Å². The van der Waals surface area contributed by atoms with E-state index in [1.165, 1.54) is 0 Å². The van der Waals surface area contributed by atoms with Gasteiger partial charge in [0.2, 0.25) is 0 Å². The van der Waals surface area contributed by atoms with Gasteiger partial charge in [-0.25, -0.2) is 0 Å². The van der Waals surface area contributed by atoms with Crippen molar-refractivity contribution in [2.24, 2.45) is 0 Å². The summed E-state index contributed by atoms with van der Waals surface area (Å²) >= 11 is 0. The van der Waals surface area contributed by atoms with E-state index < -0.39 is 12.2 Å². The van der Waals surface area contributed by atoms with Crippen molar-refractivity contribution < 1.29 is 15.3 Å². The Balaban J connectivity index is 2.84. The van der Waals surface area contributed by atoms with Gasteiger partial charge in [-0.05, 0) is 24.0 Å². The molecule has 0 radical (unpaired) electrons. The normalized spacial score (nSPS) is 14.9. The van der Waals surface area contributed by atoms with Crippen molar-refractivity contribution in [3.8, 4) is 0 Å². The van der Waals surface area contributed by atoms with Crippen molar-refractivity contribution in [1.29, 1.82) is 0 Å². The number of aliphatic hydroxyl groups is 3. The molecule has 0 heterocycles. The van der Waals surface area contributed by atoms with Gasteiger partial charge in [-0.2, -0.15) is 0 Å². The van der Waals surface area contributed by atoms with Crippen molar-refractivity contribution in [3.63, 3.8) is 0 Å². The van der Waals surface area contributed by atoms with E-state index in [1.54, 1.807) is 0 Å². The third-order valence-electron chi connectivity index (χ3n) is 2.54. The van der Waals surface area contributed by atoms with Crippen molar-refractivity contribution in [3.05, 3.63) is 35.4 Å². The number of benzene rings is 1. The van der Waals surface area contributed by atoms with Crippen LogP contribution >= 0.6 is 0 Å². The molecule has 0 aliphatic rings. The van der Waals surface area contributed by atoms with Crippen LogP contribution in [0.4, 0.5) is 0 Å². The zero-order valence-electron chi connectivity index (χ0n) is 8.93. The number of hydrogen-bond acceptors (Lipinski definition) is 3. The van der Waals surface area contributed by atoms with Gasteiger partial charge in [0, 0.05) is 6.61 Å². The van der Waals surface area contributed by atoms with Crippen LogP contribution < -0.4 is 0 Å². The predicted octanol–water partition coefficient (Wildman–Crippen LogP) is 1.03. The Bertz CT molecular complexity index is 299. The first-order chi connectivity index (χ1) is 7.20. The minimum Gasteiger partial charge on any atom is -0.396 e. The highest BCUT2D eigenvalue weighted by atomic mass is 16.3. The summed E-state index contributed by atoms with van der Waals surface area (Å²) < 4.78 is 0. The SMILES string of the molecule is CCc1ccccc1C(O)C(O)CCO. The predicted molar refractivity (Wildman–Crippen MR) is 58.5 cm³/mol. The van der Waals surface area contributed by atoms with Crippen molar-refractivity contribution in [2.45, 2.75) is 32.0 Å². The second-order valence-electron chi connectivity index (χ2n) is 3.58. The molecule has 0 fully saturated rings. The molecule has 0 aliphatic heterocycles. The van der Waals surface area contributed by atoms with Gasteiger partial charge in [0.25, 0.3) is 0 Å². The van der Waals surface area contributed by atoms with E-state index >= 15 is 0 Å². The molecule has 1 aromatic rings. The molecule has 3 heteroatoms. The highest BCUT2D eigenvalue weighted by Gasteiger charge is 2.19. The van der Waals surface area contributed by atoms with Crippen molar-refractivity contribution in [2.75, 3.05) is 6.61 Å². The second-order valence-corrected chi connectivity index (χ2v) is 3.58. The summed E-state index contributed by atoms with van der Waals surface area (Å²) in [5, 5.41) is 28.1. The Morgan fingerprint density at radius 2 is 1.87 bits per heavy atom. The molecule has 0 bridgehead atoms. The molecule has 3 nitrogen and oxygen atoms in total. The molecule has 1 rings (SSSR count). The molecule has 84 valence electrons. The van der Waals surface area contributed by atoms with E-state index in [4.69, 9.17) is 5.11 Å². The van der Waals surface area contributed by atoms with Gasteiger partial charge in [0.05, 0.1) is 6.10 Å². The molecular formula is C12H18O3. The molecule has 0 spiro atoms. The summed E-state index contributed by atoms with van der Waals surface area (Å²) in [7, 11) is 0. The average molecular weight is 210 g/mol. The Labute approximate surface area is 90.0 Å². The minimum absolute atomic E-state index is 0.119. The van der Waals surface area contributed by atoms with Crippen LogP contribution in [0.15, 0.2) is 24.3 Å². The van der Waals surface area contributed by atoms with Crippen LogP contribution in [-0.2, 0) is 6.42 Å². The third-order valence-corrected chi connectivity index (χ3v) is 2.54. The van der Waals surface area contributed by atoms with Gasteiger partial charge in [-0.1, -0.05) is 31.2 Å². The van der Waals surface area contributed by atoms with Gasteiger partial charge in [-0.15, -0.1) is 0 Å². The molecule has 2 atom stereocenters. The van der Waals surface area contributed by atoms with Crippen LogP contribution in [0.2, 0.25) is 0 Å². The zero-order chi connectivity index (χ0) is 11.3. The van der Waals surface area contributed by atoms with Crippen LogP contribution in [0.5, 0.6) is 0 Å². The van der Waals surface area contributed by atoms with E-state index in [0.29, 0.717) is 0 Å². The lowest BCUT2D eigenvalue weighted by molar-refractivity contribution is 0.00378. The van der Waals surface area contributed by atoms with Gasteiger partial charge >= 0.3 is 0 Å². The van der Waals surface area contributed by atoms with Gasteiger partial charge in [-0.3, -0.25) is 0 Å². The first-order valence-corrected chi connectivity index (χ1v) is 5.25. The summed E-state index contributed by atoms with van der Waals surface area (Å²) in [4.78, 5) is 0. The zero-order valence-corrected chi connectivity index (χ0v) is 8.93. The Morgan fingerprint density at radius 3 is 2.47 bits per heavy atom. The highest BCUT2D eigenvalue weighted by molar-refractivity contribution is 5.29. The fourth-order valence-corrected chi connectivity index (χ4v) is 1.64. The molecule has 1 aromatic carbocycles. The second kappa shape index (κ2) is 5.85. The smallest absolute Gasteiger partial charge is 0.105 e. The lowest BCUT2D eigenvalue weighted by Crippen LogP contribution is -2.20. The van der Waals surface area contributed by atoms with Gasteiger partial charge in [0.15, 0.2) is 0 Å². The van der Waals surface area contributed by atoms with E-state index in [2.05, 4.69) is 0 Å². The van der Waals surface area contributed by atoms with Crippen molar-refractivity contribution >= 4 is 0 Å².